The molecule has 6 atom stereocenters. The molecule has 2 N–H and O–H groups in total. The van der Waals surface area contributed by atoms with Crippen molar-refractivity contribution in [3.63, 3.8) is 0 Å². The standard InChI is InChI=1S/C17H28FN3O4/c1-8(2)6-11(19-9(3)22)16(23)21-7-10(18)12-13(21)14-15(20-12)25-17(4,5)24-14/h8,10-15,20H,6-7H2,1-5H3,(H,19,22)/t10-,11-,12+,13-,14+,15+/m0/s1. The summed E-state index contributed by atoms with van der Waals surface area (Å²) in [6, 6.07) is -1.59. The van der Waals surface area contributed by atoms with Crippen LogP contribution in [0.2, 0.25) is 0 Å². The summed E-state index contributed by atoms with van der Waals surface area (Å²) in [5.41, 5.74) is 0. The molecule has 0 unspecified atom stereocenters. The third-order valence-electron chi connectivity index (χ3n) is 4.98. The van der Waals surface area contributed by atoms with Gasteiger partial charge in [-0.2, -0.15) is 0 Å². The van der Waals surface area contributed by atoms with Crippen molar-refractivity contribution < 1.29 is 23.5 Å². The number of halogens is 1. The number of amides is 2. The zero-order valence-corrected chi connectivity index (χ0v) is 15.4. The SMILES string of the molecule is CC(=O)N[C@@H](CC(C)C)C(=O)N1C[C@H](F)[C@H]2N[C@@H]3OC(C)(C)O[C@@H]3[C@H]21. The van der Waals surface area contributed by atoms with E-state index >= 15 is 0 Å². The third-order valence-corrected chi connectivity index (χ3v) is 4.98. The van der Waals surface area contributed by atoms with E-state index in [1.807, 2.05) is 13.8 Å². The Kier molecular flexibility index (Phi) is 4.81. The zero-order chi connectivity index (χ0) is 18.5. The summed E-state index contributed by atoms with van der Waals surface area (Å²) >= 11 is 0. The predicted molar refractivity (Wildman–Crippen MR) is 88.2 cm³/mol. The van der Waals surface area contributed by atoms with Gasteiger partial charge in [0.05, 0.1) is 18.6 Å². The number of likely N-dealkylation sites (tertiary alicyclic amines) is 1. The average Bonchev–Trinajstić information content (AvgIpc) is 3.04. The van der Waals surface area contributed by atoms with Crippen LogP contribution in [0.15, 0.2) is 0 Å². The van der Waals surface area contributed by atoms with E-state index in [2.05, 4.69) is 10.6 Å². The molecule has 3 heterocycles. The van der Waals surface area contributed by atoms with E-state index in [4.69, 9.17) is 9.47 Å². The molecule has 142 valence electrons. The molecule has 25 heavy (non-hydrogen) atoms. The Labute approximate surface area is 147 Å². The smallest absolute Gasteiger partial charge is 0.245 e. The van der Waals surface area contributed by atoms with Gasteiger partial charge in [-0.3, -0.25) is 14.9 Å². The fraction of sp³-hybridized carbons (Fsp3) is 0.882. The highest BCUT2D eigenvalue weighted by Crippen LogP contribution is 2.40. The molecule has 3 aliphatic rings. The van der Waals surface area contributed by atoms with Crippen LogP contribution in [0.3, 0.4) is 0 Å². The van der Waals surface area contributed by atoms with Crippen LogP contribution in [-0.4, -0.2) is 65.7 Å². The number of carbonyl (C=O) groups is 2. The lowest BCUT2D eigenvalue weighted by atomic mass is 10.0. The van der Waals surface area contributed by atoms with E-state index in [1.54, 1.807) is 13.8 Å². The Morgan fingerprint density at radius 3 is 2.64 bits per heavy atom. The Bertz CT molecular complexity index is 556. The quantitative estimate of drug-likeness (QED) is 0.768. The van der Waals surface area contributed by atoms with E-state index in [0.717, 1.165) is 0 Å². The highest BCUT2D eigenvalue weighted by molar-refractivity contribution is 5.87. The molecular formula is C17H28FN3O4. The molecule has 0 aromatic rings. The summed E-state index contributed by atoms with van der Waals surface area (Å²) in [7, 11) is 0. The van der Waals surface area contributed by atoms with Gasteiger partial charge in [-0.05, 0) is 26.2 Å². The number of alkyl halides is 1. The molecule has 0 aromatic heterocycles. The van der Waals surface area contributed by atoms with Gasteiger partial charge in [0.1, 0.15) is 24.5 Å². The minimum Gasteiger partial charge on any atom is -0.345 e. The molecular weight excluding hydrogens is 329 g/mol. The fourth-order valence-electron chi connectivity index (χ4n) is 4.15. The van der Waals surface area contributed by atoms with Gasteiger partial charge in [0, 0.05) is 6.92 Å². The van der Waals surface area contributed by atoms with Gasteiger partial charge in [-0.25, -0.2) is 4.39 Å². The second-order valence-corrected chi connectivity index (χ2v) is 8.09. The van der Waals surface area contributed by atoms with Crippen LogP contribution >= 0.6 is 0 Å². The lowest BCUT2D eigenvalue weighted by Gasteiger charge is -2.31. The maximum Gasteiger partial charge on any atom is 0.245 e. The van der Waals surface area contributed by atoms with Gasteiger partial charge in [0.15, 0.2) is 5.79 Å². The van der Waals surface area contributed by atoms with Crippen molar-refractivity contribution >= 4 is 11.8 Å². The molecule has 3 fully saturated rings. The number of fused-ring (bicyclic) bond motifs is 3. The van der Waals surface area contributed by atoms with Gasteiger partial charge in [-0.15, -0.1) is 0 Å². The minimum atomic E-state index is -1.19. The summed E-state index contributed by atoms with van der Waals surface area (Å²) in [6.45, 7) is 8.95. The largest absolute Gasteiger partial charge is 0.345 e. The number of nitrogens with zero attached hydrogens (tertiary/aromatic N) is 1. The second kappa shape index (κ2) is 6.48. The molecule has 7 nitrogen and oxygen atoms in total. The molecule has 0 spiro atoms. The summed E-state index contributed by atoms with van der Waals surface area (Å²) in [4.78, 5) is 26.1. The van der Waals surface area contributed by atoms with Crippen LogP contribution in [-0.2, 0) is 19.1 Å². The molecule has 2 amide bonds. The number of nitrogens with one attached hydrogen (secondary N) is 2. The van der Waals surface area contributed by atoms with E-state index < -0.39 is 42.4 Å². The Morgan fingerprint density at radius 2 is 2.04 bits per heavy atom. The topological polar surface area (TPSA) is 79.9 Å². The van der Waals surface area contributed by atoms with E-state index in [9.17, 15) is 14.0 Å². The summed E-state index contributed by atoms with van der Waals surface area (Å²) in [6.07, 6.45) is -1.52. The van der Waals surface area contributed by atoms with Crippen LogP contribution in [0.25, 0.3) is 0 Å². The Morgan fingerprint density at radius 1 is 1.36 bits per heavy atom. The first-order chi connectivity index (χ1) is 11.6. The van der Waals surface area contributed by atoms with Crippen molar-refractivity contribution in [1.82, 2.24) is 15.5 Å². The fourth-order valence-corrected chi connectivity index (χ4v) is 4.15. The van der Waals surface area contributed by atoms with Gasteiger partial charge in [0.2, 0.25) is 11.8 Å². The van der Waals surface area contributed by atoms with Crippen molar-refractivity contribution in [2.24, 2.45) is 5.92 Å². The molecule has 3 rings (SSSR count). The first kappa shape index (κ1) is 18.5. The highest BCUT2D eigenvalue weighted by Gasteiger charge is 2.61. The Balaban J connectivity index is 1.80. The van der Waals surface area contributed by atoms with Crippen LogP contribution in [0, 0.1) is 5.92 Å². The van der Waals surface area contributed by atoms with E-state index in [0.29, 0.717) is 6.42 Å². The third kappa shape index (κ3) is 3.52. The Hall–Kier alpha value is -1.25. The van der Waals surface area contributed by atoms with Crippen molar-refractivity contribution in [3.8, 4) is 0 Å². The summed E-state index contributed by atoms with van der Waals surface area (Å²) in [5.74, 6) is -1.07. The number of hydrogen-bond acceptors (Lipinski definition) is 5. The van der Waals surface area contributed by atoms with Crippen LogP contribution in [0.4, 0.5) is 4.39 Å². The average molecular weight is 357 g/mol. The molecule has 3 saturated heterocycles. The molecule has 0 aromatic carbocycles. The number of rotatable bonds is 4. The lowest BCUT2D eigenvalue weighted by Crippen LogP contribution is -2.53. The maximum absolute atomic E-state index is 14.5. The number of hydrogen-bond donors (Lipinski definition) is 2. The molecule has 8 heteroatoms. The zero-order valence-electron chi connectivity index (χ0n) is 15.4. The number of ether oxygens (including phenoxy) is 2. The van der Waals surface area contributed by atoms with Crippen LogP contribution in [0.1, 0.15) is 41.0 Å². The normalized spacial score (nSPS) is 37.1. The van der Waals surface area contributed by atoms with Crippen LogP contribution < -0.4 is 10.6 Å². The van der Waals surface area contributed by atoms with Gasteiger partial charge in [0.25, 0.3) is 0 Å². The molecule has 3 aliphatic heterocycles. The van der Waals surface area contributed by atoms with Gasteiger partial charge >= 0.3 is 0 Å². The van der Waals surface area contributed by atoms with Crippen molar-refractivity contribution in [1.29, 1.82) is 0 Å². The van der Waals surface area contributed by atoms with E-state index in [1.165, 1.54) is 11.8 Å². The summed E-state index contributed by atoms with van der Waals surface area (Å²) < 4.78 is 26.2. The lowest BCUT2D eigenvalue weighted by molar-refractivity contribution is -0.163. The molecule has 0 saturated carbocycles. The van der Waals surface area contributed by atoms with E-state index in [-0.39, 0.29) is 24.3 Å². The van der Waals surface area contributed by atoms with Crippen LogP contribution in [0.5, 0.6) is 0 Å². The van der Waals surface area contributed by atoms with Gasteiger partial charge in [-0.1, -0.05) is 13.8 Å². The minimum absolute atomic E-state index is 0.00234. The maximum atomic E-state index is 14.5. The highest BCUT2D eigenvalue weighted by atomic mass is 19.1. The molecule has 0 radical (unpaired) electrons. The first-order valence-corrected chi connectivity index (χ1v) is 8.92. The van der Waals surface area contributed by atoms with Crippen molar-refractivity contribution in [3.05, 3.63) is 0 Å². The first-order valence-electron chi connectivity index (χ1n) is 8.92. The molecule has 0 bridgehead atoms. The van der Waals surface area contributed by atoms with Crippen molar-refractivity contribution in [2.45, 2.75) is 83.5 Å². The predicted octanol–water partition coefficient (Wildman–Crippen LogP) is 0.536. The van der Waals surface area contributed by atoms with Gasteiger partial charge < -0.3 is 19.7 Å². The number of carbonyl (C=O) groups excluding carboxylic acids is 2. The monoisotopic (exact) mass is 357 g/mol. The second-order valence-electron chi connectivity index (χ2n) is 8.09. The molecule has 0 aliphatic carbocycles. The summed E-state index contributed by atoms with van der Waals surface area (Å²) in [5, 5.41) is 5.84. The van der Waals surface area contributed by atoms with Crippen molar-refractivity contribution in [2.75, 3.05) is 6.54 Å².